The van der Waals surface area contributed by atoms with Crippen LogP contribution >= 0.6 is 0 Å². The van der Waals surface area contributed by atoms with Crippen LogP contribution in [-0.2, 0) is 11.8 Å². The first-order valence-electron chi connectivity index (χ1n) is 9.68. The van der Waals surface area contributed by atoms with Crippen LogP contribution in [0.15, 0.2) is 60.9 Å². The molecule has 1 N–H and O–H groups in total. The van der Waals surface area contributed by atoms with E-state index in [1.54, 1.807) is 13.3 Å². The molecule has 6 nitrogen and oxygen atoms in total. The summed E-state index contributed by atoms with van der Waals surface area (Å²) in [5.41, 5.74) is 1.96. The summed E-state index contributed by atoms with van der Waals surface area (Å²) in [6.45, 7) is 2.49. The molecule has 0 aliphatic rings. The Morgan fingerprint density at radius 1 is 1.14 bits per heavy atom. The lowest BCUT2D eigenvalue weighted by molar-refractivity contribution is -0.121. The smallest absolute Gasteiger partial charge is 0.220 e. The van der Waals surface area contributed by atoms with Crippen molar-refractivity contribution >= 4 is 5.91 Å². The fraction of sp³-hybridized carbons (Fsp3) is 0.304. The van der Waals surface area contributed by atoms with E-state index in [0.29, 0.717) is 25.2 Å². The van der Waals surface area contributed by atoms with Crippen LogP contribution in [0.25, 0.3) is 0 Å². The van der Waals surface area contributed by atoms with E-state index in [4.69, 9.17) is 9.47 Å². The van der Waals surface area contributed by atoms with Crippen LogP contribution in [0.3, 0.4) is 0 Å². The molecule has 1 aromatic heterocycles. The number of methoxy groups -OCH3 is 1. The van der Waals surface area contributed by atoms with Crippen molar-refractivity contribution in [3.63, 3.8) is 0 Å². The molecule has 152 valence electrons. The van der Waals surface area contributed by atoms with Gasteiger partial charge in [-0.05, 0) is 31.0 Å². The molecule has 0 saturated heterocycles. The third-order valence-corrected chi connectivity index (χ3v) is 4.77. The first-order chi connectivity index (χ1) is 14.1. The van der Waals surface area contributed by atoms with Gasteiger partial charge < -0.3 is 19.4 Å². The SMILES string of the molecule is COc1ccccc1C(NC(=O)CCCOc1ccccc1C)c1nccn1C. The zero-order chi connectivity index (χ0) is 20.6. The quantitative estimate of drug-likeness (QED) is 0.562. The summed E-state index contributed by atoms with van der Waals surface area (Å²) in [5.74, 6) is 2.26. The van der Waals surface area contributed by atoms with Gasteiger partial charge in [0.1, 0.15) is 23.4 Å². The molecular formula is C23H27N3O3. The fourth-order valence-electron chi connectivity index (χ4n) is 3.21. The van der Waals surface area contributed by atoms with Gasteiger partial charge >= 0.3 is 0 Å². The minimum Gasteiger partial charge on any atom is -0.496 e. The molecule has 1 heterocycles. The minimum absolute atomic E-state index is 0.0581. The van der Waals surface area contributed by atoms with Crippen molar-refractivity contribution in [3.8, 4) is 11.5 Å². The topological polar surface area (TPSA) is 65.4 Å². The third kappa shape index (κ3) is 5.16. The molecule has 1 atom stereocenters. The number of carbonyl (C=O) groups is 1. The Bertz CT molecular complexity index is 952. The zero-order valence-electron chi connectivity index (χ0n) is 17.1. The molecule has 0 spiro atoms. The molecule has 0 aliphatic heterocycles. The van der Waals surface area contributed by atoms with Crippen molar-refractivity contribution in [2.45, 2.75) is 25.8 Å². The molecular weight excluding hydrogens is 366 g/mol. The number of rotatable bonds is 9. The largest absolute Gasteiger partial charge is 0.496 e. The van der Waals surface area contributed by atoms with Crippen molar-refractivity contribution in [2.24, 2.45) is 7.05 Å². The highest BCUT2D eigenvalue weighted by atomic mass is 16.5. The average molecular weight is 393 g/mol. The van der Waals surface area contributed by atoms with E-state index in [9.17, 15) is 4.79 Å². The summed E-state index contributed by atoms with van der Waals surface area (Å²) in [7, 11) is 3.53. The first kappa shape index (κ1) is 20.5. The molecule has 6 heteroatoms. The number of carbonyl (C=O) groups excluding carboxylic acids is 1. The molecule has 1 amide bonds. The monoisotopic (exact) mass is 393 g/mol. The Kier molecular flexibility index (Phi) is 6.89. The number of hydrogen-bond donors (Lipinski definition) is 1. The van der Waals surface area contributed by atoms with Crippen LogP contribution in [0.2, 0.25) is 0 Å². The Morgan fingerprint density at radius 3 is 2.55 bits per heavy atom. The van der Waals surface area contributed by atoms with Crippen LogP contribution in [0.4, 0.5) is 0 Å². The summed E-state index contributed by atoms with van der Waals surface area (Å²) >= 11 is 0. The van der Waals surface area contributed by atoms with Crippen LogP contribution in [0, 0.1) is 6.92 Å². The maximum Gasteiger partial charge on any atom is 0.220 e. The van der Waals surface area contributed by atoms with Crippen LogP contribution in [0.1, 0.15) is 35.8 Å². The highest BCUT2D eigenvalue weighted by molar-refractivity contribution is 5.77. The standard InChI is InChI=1S/C23H27N3O3/c1-17-9-4-6-11-19(17)29-16-8-13-21(27)25-22(23-24-14-15-26(23)2)18-10-5-7-12-20(18)28-3/h4-7,9-12,14-15,22H,8,13,16H2,1-3H3,(H,25,27). The summed E-state index contributed by atoms with van der Waals surface area (Å²) in [4.78, 5) is 17.1. The Balaban J connectivity index is 1.64. The Hall–Kier alpha value is -3.28. The van der Waals surface area contributed by atoms with Gasteiger partial charge in [-0.25, -0.2) is 4.98 Å². The molecule has 0 bridgehead atoms. The molecule has 3 aromatic rings. The van der Waals surface area contributed by atoms with Crippen molar-refractivity contribution in [3.05, 3.63) is 77.9 Å². The molecule has 3 rings (SSSR count). The van der Waals surface area contributed by atoms with E-state index < -0.39 is 6.04 Å². The van der Waals surface area contributed by atoms with Crippen molar-refractivity contribution in [1.82, 2.24) is 14.9 Å². The van der Waals surface area contributed by atoms with Gasteiger partial charge in [-0.1, -0.05) is 36.4 Å². The van der Waals surface area contributed by atoms with E-state index >= 15 is 0 Å². The van der Waals surface area contributed by atoms with Gasteiger partial charge in [0.2, 0.25) is 5.91 Å². The van der Waals surface area contributed by atoms with Gasteiger partial charge in [-0.3, -0.25) is 4.79 Å². The number of aromatic nitrogens is 2. The Morgan fingerprint density at radius 2 is 1.86 bits per heavy atom. The number of hydrogen-bond acceptors (Lipinski definition) is 4. The van der Waals surface area contributed by atoms with Gasteiger partial charge in [0.15, 0.2) is 0 Å². The van der Waals surface area contributed by atoms with E-state index in [2.05, 4.69) is 10.3 Å². The number of benzene rings is 2. The van der Waals surface area contributed by atoms with Crippen molar-refractivity contribution in [2.75, 3.05) is 13.7 Å². The third-order valence-electron chi connectivity index (χ3n) is 4.77. The molecule has 0 saturated carbocycles. The number of nitrogens with zero attached hydrogens (tertiary/aromatic N) is 2. The molecule has 0 aliphatic carbocycles. The highest BCUT2D eigenvalue weighted by Gasteiger charge is 2.23. The predicted octanol–water partition coefficient (Wildman–Crippen LogP) is 3.80. The summed E-state index contributed by atoms with van der Waals surface area (Å²) < 4.78 is 13.2. The normalized spacial score (nSPS) is 11.7. The van der Waals surface area contributed by atoms with Gasteiger partial charge in [0, 0.05) is 31.4 Å². The molecule has 1 unspecified atom stereocenters. The van der Waals surface area contributed by atoms with Gasteiger partial charge in [0.25, 0.3) is 0 Å². The number of imidazole rings is 1. The number of nitrogens with one attached hydrogen (secondary N) is 1. The maximum atomic E-state index is 12.7. The molecule has 0 fully saturated rings. The number of aryl methyl sites for hydroxylation is 2. The van der Waals surface area contributed by atoms with E-state index in [1.165, 1.54) is 0 Å². The maximum absolute atomic E-state index is 12.7. The van der Waals surface area contributed by atoms with Gasteiger partial charge in [0.05, 0.1) is 13.7 Å². The lowest BCUT2D eigenvalue weighted by atomic mass is 10.0. The van der Waals surface area contributed by atoms with E-state index in [-0.39, 0.29) is 5.91 Å². The van der Waals surface area contributed by atoms with Crippen LogP contribution in [-0.4, -0.2) is 29.2 Å². The van der Waals surface area contributed by atoms with Gasteiger partial charge in [-0.15, -0.1) is 0 Å². The minimum atomic E-state index is -0.393. The number of amides is 1. The first-order valence-corrected chi connectivity index (χ1v) is 9.68. The van der Waals surface area contributed by atoms with Gasteiger partial charge in [-0.2, -0.15) is 0 Å². The summed E-state index contributed by atoms with van der Waals surface area (Å²) in [6, 6.07) is 15.1. The average Bonchev–Trinajstić information content (AvgIpc) is 3.16. The number of ether oxygens (including phenoxy) is 2. The Labute approximate surface area is 171 Å². The summed E-state index contributed by atoms with van der Waals surface area (Å²) in [6.07, 6.45) is 4.57. The number of para-hydroxylation sites is 2. The van der Waals surface area contributed by atoms with Crippen LogP contribution < -0.4 is 14.8 Å². The summed E-state index contributed by atoms with van der Waals surface area (Å²) in [5, 5.41) is 3.10. The second-order valence-corrected chi connectivity index (χ2v) is 6.86. The second-order valence-electron chi connectivity index (χ2n) is 6.86. The lowest BCUT2D eigenvalue weighted by Crippen LogP contribution is -2.31. The van der Waals surface area contributed by atoms with Crippen molar-refractivity contribution < 1.29 is 14.3 Å². The molecule has 29 heavy (non-hydrogen) atoms. The highest BCUT2D eigenvalue weighted by Crippen LogP contribution is 2.29. The molecule has 0 radical (unpaired) electrons. The molecule has 2 aromatic carbocycles. The predicted molar refractivity (Wildman–Crippen MR) is 112 cm³/mol. The van der Waals surface area contributed by atoms with Crippen LogP contribution in [0.5, 0.6) is 11.5 Å². The second kappa shape index (κ2) is 9.78. The zero-order valence-corrected chi connectivity index (χ0v) is 17.1. The van der Waals surface area contributed by atoms with Crippen molar-refractivity contribution in [1.29, 1.82) is 0 Å². The lowest BCUT2D eigenvalue weighted by Gasteiger charge is -2.21. The van der Waals surface area contributed by atoms with E-state index in [1.807, 2.05) is 73.3 Å². The fourth-order valence-corrected chi connectivity index (χ4v) is 3.21. The van der Waals surface area contributed by atoms with E-state index in [0.717, 1.165) is 22.7 Å².